The van der Waals surface area contributed by atoms with Gasteiger partial charge in [-0.15, -0.1) is 0 Å². The van der Waals surface area contributed by atoms with E-state index >= 15 is 0 Å². The summed E-state index contributed by atoms with van der Waals surface area (Å²) in [7, 11) is -3.94. The molecule has 0 amide bonds. The highest BCUT2D eigenvalue weighted by Gasteiger charge is 2.14. The maximum Gasteiger partial charge on any atom is 0.335 e. The molecule has 17 heavy (non-hydrogen) atoms. The molecule has 0 spiro atoms. The van der Waals surface area contributed by atoms with Crippen molar-refractivity contribution < 1.29 is 22.7 Å². The summed E-state index contributed by atoms with van der Waals surface area (Å²) < 4.78 is 37.5. The molecule has 8 heteroatoms. The Labute approximate surface area is 96.4 Å². The number of rotatable bonds is 4. The van der Waals surface area contributed by atoms with Gasteiger partial charge < -0.3 is 5.11 Å². The molecule has 1 aromatic carbocycles. The maximum absolute atomic E-state index is 13.3. The van der Waals surface area contributed by atoms with Crippen LogP contribution in [0.3, 0.4) is 0 Å². The minimum atomic E-state index is -3.94. The Bertz CT molecular complexity index is 592. The van der Waals surface area contributed by atoms with Crippen LogP contribution in [0.15, 0.2) is 18.2 Å². The topological polar surface area (TPSA) is 107 Å². The lowest BCUT2D eigenvalue weighted by Crippen LogP contribution is -2.16. The first-order valence-corrected chi connectivity index (χ1v) is 5.91. The molecule has 0 bridgehead atoms. The van der Waals surface area contributed by atoms with E-state index < -0.39 is 33.3 Å². The van der Waals surface area contributed by atoms with Gasteiger partial charge in [-0.1, -0.05) is 0 Å². The van der Waals surface area contributed by atoms with Crippen LogP contribution >= 0.6 is 0 Å². The van der Waals surface area contributed by atoms with E-state index in [4.69, 9.17) is 10.4 Å². The molecule has 0 aliphatic carbocycles. The van der Waals surface area contributed by atoms with Gasteiger partial charge in [0.2, 0.25) is 10.0 Å². The first kappa shape index (κ1) is 12.9. The first-order chi connectivity index (χ1) is 7.85. The highest BCUT2D eigenvalue weighted by Crippen LogP contribution is 2.17. The summed E-state index contributed by atoms with van der Waals surface area (Å²) in [6.07, 6.45) is 0. The molecule has 0 aliphatic rings. The summed E-state index contributed by atoms with van der Waals surface area (Å²) in [5.74, 6) is -3.16. The van der Waals surface area contributed by atoms with Crippen molar-refractivity contribution >= 4 is 21.7 Å². The van der Waals surface area contributed by atoms with Gasteiger partial charge in [0.1, 0.15) is 5.82 Å². The van der Waals surface area contributed by atoms with Gasteiger partial charge >= 0.3 is 5.97 Å². The van der Waals surface area contributed by atoms with E-state index in [1.807, 2.05) is 4.72 Å². The van der Waals surface area contributed by atoms with Gasteiger partial charge in [0.15, 0.2) is 5.75 Å². The number of carboxylic acids is 1. The number of nitrogens with one attached hydrogen (secondary N) is 1. The molecule has 90 valence electrons. The third-order valence-corrected chi connectivity index (χ3v) is 2.78. The molecule has 0 aromatic heterocycles. The van der Waals surface area contributed by atoms with Gasteiger partial charge in [0.25, 0.3) is 0 Å². The maximum atomic E-state index is 13.3. The fraction of sp³-hybridized carbons (Fsp3) is 0.111. The average molecular weight is 258 g/mol. The summed E-state index contributed by atoms with van der Waals surface area (Å²) in [6.45, 7) is 0. The van der Waals surface area contributed by atoms with E-state index in [0.29, 0.717) is 6.07 Å². The van der Waals surface area contributed by atoms with Crippen LogP contribution in [0.2, 0.25) is 0 Å². The zero-order chi connectivity index (χ0) is 13.1. The molecule has 0 saturated carbocycles. The Morgan fingerprint density at radius 1 is 1.53 bits per heavy atom. The molecule has 2 N–H and O–H groups in total. The second-order valence-corrected chi connectivity index (χ2v) is 4.74. The molecular weight excluding hydrogens is 251 g/mol. The number of carbonyl (C=O) groups is 1. The van der Waals surface area contributed by atoms with Gasteiger partial charge in [0, 0.05) is 0 Å². The number of anilines is 1. The van der Waals surface area contributed by atoms with Crippen LogP contribution < -0.4 is 4.72 Å². The van der Waals surface area contributed by atoms with Crippen molar-refractivity contribution in [3.05, 3.63) is 29.6 Å². The van der Waals surface area contributed by atoms with E-state index in [0.717, 1.165) is 12.1 Å². The minimum absolute atomic E-state index is 0.300. The highest BCUT2D eigenvalue weighted by atomic mass is 32.2. The number of hydrogen-bond donors (Lipinski definition) is 2. The van der Waals surface area contributed by atoms with Crippen molar-refractivity contribution in [2.45, 2.75) is 0 Å². The Balaban J connectivity index is 3.03. The second kappa shape index (κ2) is 4.80. The number of sulfonamides is 1. The van der Waals surface area contributed by atoms with Crippen molar-refractivity contribution in [3.63, 3.8) is 0 Å². The van der Waals surface area contributed by atoms with Gasteiger partial charge in [-0.3, -0.25) is 4.72 Å². The number of aromatic carboxylic acids is 1. The third kappa shape index (κ3) is 3.42. The Hall–Kier alpha value is -2.14. The van der Waals surface area contributed by atoms with Gasteiger partial charge in [-0.05, 0) is 18.2 Å². The summed E-state index contributed by atoms with van der Waals surface area (Å²) in [4.78, 5) is 10.5. The van der Waals surface area contributed by atoms with Crippen LogP contribution in [0.25, 0.3) is 0 Å². The Kier molecular flexibility index (Phi) is 3.65. The fourth-order valence-electron chi connectivity index (χ4n) is 1.02. The summed E-state index contributed by atoms with van der Waals surface area (Å²) in [5, 5.41) is 16.8. The van der Waals surface area contributed by atoms with Crippen molar-refractivity contribution in [3.8, 4) is 6.07 Å². The lowest BCUT2D eigenvalue weighted by molar-refractivity contribution is 0.0696. The molecular formula is C9H7FN2O4S. The number of benzene rings is 1. The zero-order valence-corrected chi connectivity index (χ0v) is 9.16. The highest BCUT2D eigenvalue weighted by molar-refractivity contribution is 7.92. The SMILES string of the molecule is N#CCS(=O)(=O)Nc1ccc(C(=O)O)cc1F. The normalized spacial score (nSPS) is 10.6. The number of nitrogens with zero attached hydrogens (tertiary/aromatic N) is 1. The van der Waals surface area contributed by atoms with Crippen LogP contribution in [0.1, 0.15) is 10.4 Å². The van der Waals surface area contributed by atoms with E-state index in [2.05, 4.69) is 0 Å². The molecule has 0 unspecified atom stereocenters. The van der Waals surface area contributed by atoms with E-state index in [-0.39, 0.29) is 5.56 Å². The van der Waals surface area contributed by atoms with Gasteiger partial charge in [-0.2, -0.15) is 5.26 Å². The zero-order valence-electron chi connectivity index (χ0n) is 8.34. The number of carboxylic acid groups (broad SMARTS) is 1. The van der Waals surface area contributed by atoms with Gasteiger partial charge in [-0.25, -0.2) is 17.6 Å². The number of halogens is 1. The fourth-order valence-corrected chi connectivity index (χ4v) is 1.76. The van der Waals surface area contributed by atoms with E-state index in [1.54, 1.807) is 0 Å². The van der Waals surface area contributed by atoms with Crippen molar-refractivity contribution in [2.75, 3.05) is 10.5 Å². The predicted octanol–water partition coefficient (Wildman–Crippen LogP) is 0.789. The summed E-state index contributed by atoms with van der Waals surface area (Å²) in [5.41, 5.74) is -0.698. The molecule has 0 aliphatic heterocycles. The largest absolute Gasteiger partial charge is 0.478 e. The molecule has 6 nitrogen and oxygen atoms in total. The van der Waals surface area contributed by atoms with Crippen LogP contribution in [0.4, 0.5) is 10.1 Å². The quantitative estimate of drug-likeness (QED) is 0.830. The molecule has 0 fully saturated rings. The van der Waals surface area contributed by atoms with Crippen molar-refractivity contribution in [1.29, 1.82) is 5.26 Å². The molecule has 0 atom stereocenters. The predicted molar refractivity (Wildman–Crippen MR) is 56.4 cm³/mol. The van der Waals surface area contributed by atoms with Crippen LogP contribution in [-0.2, 0) is 10.0 Å². The molecule has 0 heterocycles. The van der Waals surface area contributed by atoms with Crippen LogP contribution in [-0.4, -0.2) is 25.2 Å². The average Bonchev–Trinajstić information content (AvgIpc) is 2.20. The van der Waals surface area contributed by atoms with Crippen molar-refractivity contribution in [1.82, 2.24) is 0 Å². The number of hydrogen-bond acceptors (Lipinski definition) is 4. The van der Waals surface area contributed by atoms with Crippen molar-refractivity contribution in [2.24, 2.45) is 0 Å². The smallest absolute Gasteiger partial charge is 0.335 e. The molecule has 1 aromatic rings. The standard InChI is InChI=1S/C9H7FN2O4S/c10-7-5-6(9(13)14)1-2-8(7)12-17(15,16)4-3-11/h1-2,5,12H,4H2,(H,13,14). The van der Waals surface area contributed by atoms with E-state index in [1.165, 1.54) is 6.07 Å². The molecule has 1 rings (SSSR count). The first-order valence-electron chi connectivity index (χ1n) is 4.26. The van der Waals surface area contributed by atoms with Gasteiger partial charge in [0.05, 0.1) is 17.3 Å². The Morgan fingerprint density at radius 2 is 2.18 bits per heavy atom. The minimum Gasteiger partial charge on any atom is -0.478 e. The molecule has 0 saturated heterocycles. The summed E-state index contributed by atoms with van der Waals surface area (Å²) in [6, 6.07) is 4.13. The van der Waals surface area contributed by atoms with Crippen LogP contribution in [0.5, 0.6) is 0 Å². The third-order valence-electron chi connectivity index (χ3n) is 1.74. The lowest BCUT2D eigenvalue weighted by atomic mass is 10.2. The van der Waals surface area contributed by atoms with Crippen LogP contribution in [0, 0.1) is 17.1 Å². The number of nitriles is 1. The lowest BCUT2D eigenvalue weighted by Gasteiger charge is -2.06. The molecule has 0 radical (unpaired) electrons. The Morgan fingerprint density at radius 3 is 2.65 bits per heavy atom. The second-order valence-electron chi connectivity index (χ2n) is 3.02. The van der Waals surface area contributed by atoms with E-state index in [9.17, 15) is 17.6 Å². The summed E-state index contributed by atoms with van der Waals surface area (Å²) >= 11 is 0. The monoisotopic (exact) mass is 258 g/mol.